The molecule has 1 heterocycles. The SMILES string of the molecule is CN(C)C(CNC(=O)c1ccccc1I)c1cn(C)c2ccccc12. The molecule has 0 bridgehead atoms. The fraction of sp³-hybridized carbons (Fsp3) is 0.250. The van der Waals surface area contributed by atoms with E-state index in [1.165, 1.54) is 16.5 Å². The number of aryl methyl sites for hydroxylation is 1. The molecule has 1 amide bonds. The van der Waals surface area contributed by atoms with Crippen LogP contribution in [-0.2, 0) is 7.05 Å². The normalized spacial score (nSPS) is 12.5. The van der Waals surface area contributed by atoms with Crippen molar-refractivity contribution in [2.45, 2.75) is 6.04 Å². The molecule has 3 aromatic rings. The molecule has 0 radical (unpaired) electrons. The maximum atomic E-state index is 12.6. The highest BCUT2D eigenvalue weighted by atomic mass is 127. The van der Waals surface area contributed by atoms with E-state index in [4.69, 9.17) is 0 Å². The van der Waals surface area contributed by atoms with Crippen molar-refractivity contribution in [2.75, 3.05) is 20.6 Å². The van der Waals surface area contributed by atoms with E-state index in [1.54, 1.807) is 0 Å². The average Bonchev–Trinajstić information content (AvgIpc) is 2.92. The molecule has 1 atom stereocenters. The Bertz CT molecular complexity index is 901. The van der Waals surface area contributed by atoms with Gasteiger partial charge in [-0.05, 0) is 60.4 Å². The van der Waals surface area contributed by atoms with Gasteiger partial charge in [0.1, 0.15) is 0 Å². The third-order valence-corrected chi connectivity index (χ3v) is 5.43. The fourth-order valence-corrected chi connectivity index (χ4v) is 3.77. The van der Waals surface area contributed by atoms with E-state index in [0.717, 1.165) is 9.13 Å². The maximum Gasteiger partial charge on any atom is 0.252 e. The highest BCUT2D eigenvalue weighted by molar-refractivity contribution is 14.1. The van der Waals surface area contributed by atoms with E-state index >= 15 is 0 Å². The molecule has 1 aromatic heterocycles. The van der Waals surface area contributed by atoms with Crippen LogP contribution in [0.2, 0.25) is 0 Å². The van der Waals surface area contributed by atoms with Crippen LogP contribution < -0.4 is 5.32 Å². The van der Waals surface area contributed by atoms with E-state index < -0.39 is 0 Å². The van der Waals surface area contributed by atoms with Gasteiger partial charge in [-0.2, -0.15) is 0 Å². The number of carbonyl (C=O) groups is 1. The first kappa shape index (κ1) is 17.9. The highest BCUT2D eigenvalue weighted by Crippen LogP contribution is 2.28. The number of hydrogen-bond acceptors (Lipinski definition) is 2. The molecule has 0 aliphatic heterocycles. The number of benzene rings is 2. The van der Waals surface area contributed by atoms with Gasteiger partial charge in [-0.1, -0.05) is 30.3 Å². The zero-order valence-corrected chi connectivity index (χ0v) is 16.8. The molecule has 0 aliphatic rings. The Balaban J connectivity index is 1.85. The summed E-state index contributed by atoms with van der Waals surface area (Å²) in [6, 6.07) is 16.1. The second-order valence-electron chi connectivity index (χ2n) is 6.38. The van der Waals surface area contributed by atoms with Gasteiger partial charge in [-0.15, -0.1) is 0 Å². The van der Waals surface area contributed by atoms with Crippen LogP contribution in [0.25, 0.3) is 10.9 Å². The predicted octanol–water partition coefficient (Wildman–Crippen LogP) is 3.82. The third kappa shape index (κ3) is 3.72. The third-order valence-electron chi connectivity index (χ3n) is 4.48. The van der Waals surface area contributed by atoms with Crippen molar-refractivity contribution < 1.29 is 4.79 Å². The minimum atomic E-state index is -0.0305. The zero-order chi connectivity index (χ0) is 18.0. The van der Waals surface area contributed by atoms with E-state index in [-0.39, 0.29) is 11.9 Å². The number of rotatable bonds is 5. The molecule has 25 heavy (non-hydrogen) atoms. The van der Waals surface area contributed by atoms with Gasteiger partial charge in [0.15, 0.2) is 0 Å². The number of carbonyl (C=O) groups excluding carboxylic acids is 1. The molecule has 0 fully saturated rings. The molecule has 1 N–H and O–H groups in total. The predicted molar refractivity (Wildman–Crippen MR) is 111 cm³/mol. The van der Waals surface area contributed by atoms with Crippen molar-refractivity contribution in [2.24, 2.45) is 7.05 Å². The van der Waals surface area contributed by atoms with Crippen LogP contribution in [0, 0.1) is 3.57 Å². The van der Waals surface area contributed by atoms with Gasteiger partial charge in [0.2, 0.25) is 0 Å². The molecule has 4 nitrogen and oxygen atoms in total. The average molecular weight is 447 g/mol. The summed E-state index contributed by atoms with van der Waals surface area (Å²) in [6.45, 7) is 0.560. The molecule has 0 saturated heterocycles. The first-order chi connectivity index (χ1) is 12.0. The molecule has 0 aliphatic carbocycles. The Labute approximate surface area is 162 Å². The molecule has 1 unspecified atom stereocenters. The molecular weight excluding hydrogens is 425 g/mol. The van der Waals surface area contributed by atoms with Crippen LogP contribution in [-0.4, -0.2) is 36.0 Å². The van der Waals surface area contributed by atoms with Crippen molar-refractivity contribution in [3.05, 3.63) is 69.4 Å². The molecule has 0 saturated carbocycles. The Morgan fingerprint density at radius 1 is 1.16 bits per heavy atom. The van der Waals surface area contributed by atoms with Gasteiger partial charge < -0.3 is 14.8 Å². The van der Waals surface area contributed by atoms with Crippen LogP contribution in [0.4, 0.5) is 0 Å². The quantitative estimate of drug-likeness (QED) is 0.604. The maximum absolute atomic E-state index is 12.6. The smallest absolute Gasteiger partial charge is 0.252 e. The summed E-state index contributed by atoms with van der Waals surface area (Å²) in [7, 11) is 6.15. The van der Waals surface area contributed by atoms with Crippen LogP contribution in [0.15, 0.2) is 54.7 Å². The Morgan fingerprint density at radius 2 is 1.84 bits per heavy atom. The standard InChI is InChI=1S/C20H22IN3O/c1-23(2)19(12-22-20(25)15-9-4-6-10-17(15)21)16-13-24(3)18-11-7-5-8-14(16)18/h4-11,13,19H,12H2,1-3H3,(H,22,25). The second kappa shape index (κ2) is 7.58. The lowest BCUT2D eigenvalue weighted by atomic mass is 10.0. The minimum absolute atomic E-state index is 0.0305. The minimum Gasteiger partial charge on any atom is -0.350 e. The van der Waals surface area contributed by atoms with Crippen LogP contribution in [0.5, 0.6) is 0 Å². The lowest BCUT2D eigenvalue weighted by Gasteiger charge is -2.24. The van der Waals surface area contributed by atoms with E-state index in [1.807, 2.05) is 38.4 Å². The van der Waals surface area contributed by atoms with Gasteiger partial charge in [0, 0.05) is 34.3 Å². The Kier molecular flexibility index (Phi) is 5.44. The number of nitrogens with zero attached hydrogens (tertiary/aromatic N) is 2. The largest absolute Gasteiger partial charge is 0.350 e. The summed E-state index contributed by atoms with van der Waals surface area (Å²) in [5.41, 5.74) is 3.15. The van der Waals surface area contributed by atoms with E-state index in [9.17, 15) is 4.79 Å². The number of amides is 1. The van der Waals surface area contributed by atoms with Crippen LogP contribution in [0.1, 0.15) is 22.0 Å². The zero-order valence-electron chi connectivity index (χ0n) is 14.7. The lowest BCUT2D eigenvalue weighted by Crippen LogP contribution is -2.34. The number of halogens is 1. The summed E-state index contributed by atoms with van der Waals surface area (Å²) in [6.07, 6.45) is 2.16. The fourth-order valence-electron chi connectivity index (χ4n) is 3.14. The summed E-state index contributed by atoms with van der Waals surface area (Å²) in [5, 5.41) is 4.33. The topological polar surface area (TPSA) is 37.3 Å². The van der Waals surface area contributed by atoms with Crippen molar-refractivity contribution in [3.63, 3.8) is 0 Å². The molecule has 130 valence electrons. The molecule has 2 aromatic carbocycles. The second-order valence-corrected chi connectivity index (χ2v) is 7.54. The summed E-state index contributed by atoms with van der Waals surface area (Å²) in [5.74, 6) is -0.0305. The Morgan fingerprint density at radius 3 is 2.56 bits per heavy atom. The van der Waals surface area contributed by atoms with Gasteiger partial charge in [0.25, 0.3) is 5.91 Å². The summed E-state index contributed by atoms with van der Waals surface area (Å²) < 4.78 is 3.10. The number of hydrogen-bond donors (Lipinski definition) is 1. The van der Waals surface area contributed by atoms with Crippen molar-refractivity contribution in [1.82, 2.24) is 14.8 Å². The molecule has 5 heteroatoms. The highest BCUT2D eigenvalue weighted by Gasteiger charge is 2.20. The lowest BCUT2D eigenvalue weighted by molar-refractivity contribution is 0.0941. The monoisotopic (exact) mass is 447 g/mol. The van der Waals surface area contributed by atoms with Crippen molar-refractivity contribution in [3.8, 4) is 0 Å². The van der Waals surface area contributed by atoms with E-state index in [2.05, 4.69) is 74.9 Å². The molecular formula is C20H22IN3O. The number of aromatic nitrogens is 1. The summed E-state index contributed by atoms with van der Waals surface area (Å²) >= 11 is 2.20. The first-order valence-corrected chi connectivity index (χ1v) is 9.30. The number of likely N-dealkylation sites (N-methyl/N-ethyl adjacent to an activating group) is 1. The van der Waals surface area contributed by atoms with Crippen molar-refractivity contribution >= 4 is 39.4 Å². The van der Waals surface area contributed by atoms with Gasteiger partial charge >= 0.3 is 0 Å². The summed E-state index contributed by atoms with van der Waals surface area (Å²) in [4.78, 5) is 14.7. The van der Waals surface area contributed by atoms with Gasteiger partial charge in [0.05, 0.1) is 11.6 Å². The van der Waals surface area contributed by atoms with Crippen LogP contribution in [0.3, 0.4) is 0 Å². The number of para-hydroxylation sites is 1. The van der Waals surface area contributed by atoms with Gasteiger partial charge in [-0.25, -0.2) is 0 Å². The number of fused-ring (bicyclic) bond motifs is 1. The number of nitrogens with one attached hydrogen (secondary N) is 1. The molecule has 0 spiro atoms. The van der Waals surface area contributed by atoms with Crippen LogP contribution >= 0.6 is 22.6 Å². The van der Waals surface area contributed by atoms with Gasteiger partial charge in [-0.3, -0.25) is 4.79 Å². The first-order valence-electron chi connectivity index (χ1n) is 8.22. The molecule has 3 rings (SSSR count). The Hall–Kier alpha value is -1.86. The van der Waals surface area contributed by atoms with E-state index in [0.29, 0.717) is 6.54 Å². The van der Waals surface area contributed by atoms with Crippen molar-refractivity contribution in [1.29, 1.82) is 0 Å².